The van der Waals surface area contributed by atoms with Crippen LogP contribution in [0.3, 0.4) is 0 Å². The maximum atomic E-state index is 11.5. The van der Waals surface area contributed by atoms with Gasteiger partial charge in [0.1, 0.15) is 11.6 Å². The second-order valence-corrected chi connectivity index (χ2v) is 4.49. The number of aromatic amines is 1. The molecule has 1 amide bonds. The first-order chi connectivity index (χ1) is 8.43. The SMILES string of the molecule is CNC(=O)CCN(C)c1cc(=O)[nH]c(C(C)C)n1. The second kappa shape index (κ2) is 6.18. The minimum absolute atomic E-state index is 0.0317. The summed E-state index contributed by atoms with van der Waals surface area (Å²) < 4.78 is 0. The van der Waals surface area contributed by atoms with E-state index in [9.17, 15) is 9.59 Å². The quantitative estimate of drug-likeness (QED) is 0.798. The molecule has 0 radical (unpaired) electrons. The van der Waals surface area contributed by atoms with Crippen LogP contribution in [0.25, 0.3) is 0 Å². The number of carbonyl (C=O) groups is 1. The Morgan fingerprint density at radius 3 is 2.78 bits per heavy atom. The molecule has 0 unspecified atom stereocenters. The Bertz CT molecular complexity index is 467. The maximum Gasteiger partial charge on any atom is 0.252 e. The molecule has 0 aliphatic carbocycles. The van der Waals surface area contributed by atoms with Gasteiger partial charge < -0.3 is 15.2 Å². The molecule has 1 heterocycles. The standard InChI is InChI=1S/C12H20N4O2/c1-8(2)12-14-9(7-11(18)15-12)16(4)6-5-10(17)13-3/h7-8H,5-6H2,1-4H3,(H,13,17)(H,14,15,18). The summed E-state index contributed by atoms with van der Waals surface area (Å²) in [5.74, 6) is 1.37. The number of nitrogens with zero attached hydrogens (tertiary/aromatic N) is 2. The molecule has 0 atom stereocenters. The van der Waals surface area contributed by atoms with Crippen molar-refractivity contribution in [1.29, 1.82) is 0 Å². The number of carbonyl (C=O) groups excluding carboxylic acids is 1. The third-order valence-corrected chi connectivity index (χ3v) is 2.64. The molecule has 0 saturated heterocycles. The summed E-state index contributed by atoms with van der Waals surface area (Å²) in [7, 11) is 3.42. The molecule has 1 aromatic heterocycles. The number of amides is 1. The van der Waals surface area contributed by atoms with Gasteiger partial charge in [0, 0.05) is 39.0 Å². The number of rotatable bonds is 5. The first-order valence-electron chi connectivity index (χ1n) is 5.97. The molecule has 1 aromatic rings. The average molecular weight is 252 g/mol. The van der Waals surface area contributed by atoms with Crippen molar-refractivity contribution >= 4 is 11.7 Å². The Balaban J connectivity index is 2.82. The first kappa shape index (κ1) is 14.2. The van der Waals surface area contributed by atoms with Gasteiger partial charge in [-0.2, -0.15) is 0 Å². The molecule has 0 aromatic carbocycles. The minimum Gasteiger partial charge on any atom is -0.359 e. The Labute approximate surface area is 106 Å². The smallest absolute Gasteiger partial charge is 0.252 e. The van der Waals surface area contributed by atoms with Crippen LogP contribution < -0.4 is 15.8 Å². The van der Waals surface area contributed by atoms with Gasteiger partial charge in [-0.15, -0.1) is 0 Å². The van der Waals surface area contributed by atoms with E-state index in [0.717, 1.165) is 0 Å². The van der Waals surface area contributed by atoms with Gasteiger partial charge in [0.05, 0.1) is 0 Å². The molecular formula is C12H20N4O2. The van der Waals surface area contributed by atoms with Crippen LogP contribution in [0.15, 0.2) is 10.9 Å². The average Bonchev–Trinajstić information content (AvgIpc) is 2.34. The van der Waals surface area contributed by atoms with Crippen LogP contribution in [0, 0.1) is 0 Å². The number of aromatic nitrogens is 2. The lowest BCUT2D eigenvalue weighted by Crippen LogP contribution is -2.28. The lowest BCUT2D eigenvalue weighted by molar-refractivity contribution is -0.120. The predicted molar refractivity (Wildman–Crippen MR) is 70.9 cm³/mol. The monoisotopic (exact) mass is 252 g/mol. The van der Waals surface area contributed by atoms with Crippen molar-refractivity contribution in [3.05, 3.63) is 22.2 Å². The molecule has 100 valence electrons. The van der Waals surface area contributed by atoms with Crippen molar-refractivity contribution < 1.29 is 4.79 Å². The van der Waals surface area contributed by atoms with E-state index in [-0.39, 0.29) is 17.4 Å². The molecule has 0 saturated carbocycles. The minimum atomic E-state index is -0.171. The van der Waals surface area contributed by atoms with Gasteiger partial charge in [0.2, 0.25) is 5.91 Å². The normalized spacial score (nSPS) is 10.5. The summed E-state index contributed by atoms with van der Waals surface area (Å²) in [5, 5.41) is 2.56. The zero-order valence-electron chi connectivity index (χ0n) is 11.3. The Morgan fingerprint density at radius 2 is 2.22 bits per heavy atom. The molecule has 1 rings (SSSR count). The summed E-state index contributed by atoms with van der Waals surface area (Å²) >= 11 is 0. The molecule has 18 heavy (non-hydrogen) atoms. The van der Waals surface area contributed by atoms with E-state index in [1.54, 1.807) is 11.9 Å². The Morgan fingerprint density at radius 1 is 1.56 bits per heavy atom. The largest absolute Gasteiger partial charge is 0.359 e. The van der Waals surface area contributed by atoms with Crippen molar-refractivity contribution in [3.63, 3.8) is 0 Å². The molecular weight excluding hydrogens is 232 g/mol. The fourth-order valence-electron chi connectivity index (χ4n) is 1.44. The number of hydrogen-bond donors (Lipinski definition) is 2. The lowest BCUT2D eigenvalue weighted by atomic mass is 10.2. The zero-order valence-corrected chi connectivity index (χ0v) is 11.3. The van der Waals surface area contributed by atoms with Crippen LogP contribution in [0.5, 0.6) is 0 Å². The third kappa shape index (κ3) is 3.87. The Hall–Kier alpha value is -1.85. The highest BCUT2D eigenvalue weighted by Gasteiger charge is 2.09. The summed E-state index contributed by atoms with van der Waals surface area (Å²) in [4.78, 5) is 31.6. The topological polar surface area (TPSA) is 78.1 Å². The van der Waals surface area contributed by atoms with Crippen molar-refractivity contribution in [2.75, 3.05) is 25.5 Å². The van der Waals surface area contributed by atoms with Gasteiger partial charge in [-0.3, -0.25) is 9.59 Å². The van der Waals surface area contributed by atoms with E-state index in [2.05, 4.69) is 15.3 Å². The summed E-state index contributed by atoms with van der Waals surface area (Å²) in [6.45, 7) is 4.45. The number of H-pyrrole nitrogens is 1. The molecule has 0 bridgehead atoms. The van der Waals surface area contributed by atoms with Crippen molar-refractivity contribution in [2.45, 2.75) is 26.2 Å². The highest BCUT2D eigenvalue weighted by atomic mass is 16.1. The van der Waals surface area contributed by atoms with E-state index in [4.69, 9.17) is 0 Å². The van der Waals surface area contributed by atoms with Gasteiger partial charge >= 0.3 is 0 Å². The molecule has 6 heteroatoms. The van der Waals surface area contributed by atoms with Crippen LogP contribution in [-0.2, 0) is 4.79 Å². The molecule has 0 aliphatic rings. The summed E-state index contributed by atoms with van der Waals surface area (Å²) in [6.07, 6.45) is 0.374. The van der Waals surface area contributed by atoms with Crippen LogP contribution in [0.2, 0.25) is 0 Å². The van der Waals surface area contributed by atoms with Gasteiger partial charge in [-0.05, 0) is 0 Å². The van der Waals surface area contributed by atoms with Crippen molar-refractivity contribution in [3.8, 4) is 0 Å². The maximum absolute atomic E-state index is 11.5. The van der Waals surface area contributed by atoms with E-state index in [1.807, 2.05) is 20.9 Å². The first-order valence-corrected chi connectivity index (χ1v) is 5.97. The van der Waals surface area contributed by atoms with E-state index >= 15 is 0 Å². The van der Waals surface area contributed by atoms with Gasteiger partial charge in [-0.25, -0.2) is 4.98 Å². The third-order valence-electron chi connectivity index (χ3n) is 2.64. The Kier molecular flexibility index (Phi) is 4.88. The second-order valence-electron chi connectivity index (χ2n) is 4.49. The van der Waals surface area contributed by atoms with E-state index in [1.165, 1.54) is 6.07 Å². The van der Waals surface area contributed by atoms with Crippen LogP contribution in [-0.4, -0.2) is 36.5 Å². The molecule has 0 spiro atoms. The fraction of sp³-hybridized carbons (Fsp3) is 0.583. The predicted octanol–water partition coefficient (Wildman–Crippen LogP) is 0.466. The number of hydrogen-bond acceptors (Lipinski definition) is 4. The van der Waals surface area contributed by atoms with Crippen LogP contribution >= 0.6 is 0 Å². The van der Waals surface area contributed by atoms with Gasteiger partial charge in [0.25, 0.3) is 5.56 Å². The zero-order chi connectivity index (χ0) is 13.7. The van der Waals surface area contributed by atoms with E-state index in [0.29, 0.717) is 24.6 Å². The fourth-order valence-corrected chi connectivity index (χ4v) is 1.44. The summed E-state index contributed by atoms with van der Waals surface area (Å²) in [5.41, 5.74) is -0.171. The van der Waals surface area contributed by atoms with Gasteiger partial charge in [-0.1, -0.05) is 13.8 Å². The van der Waals surface area contributed by atoms with Crippen molar-refractivity contribution in [2.24, 2.45) is 0 Å². The molecule has 6 nitrogen and oxygen atoms in total. The van der Waals surface area contributed by atoms with Crippen LogP contribution in [0.1, 0.15) is 32.0 Å². The molecule has 2 N–H and O–H groups in total. The number of nitrogens with one attached hydrogen (secondary N) is 2. The highest BCUT2D eigenvalue weighted by molar-refractivity contribution is 5.76. The van der Waals surface area contributed by atoms with Gasteiger partial charge in [0.15, 0.2) is 0 Å². The highest BCUT2D eigenvalue weighted by Crippen LogP contribution is 2.11. The van der Waals surface area contributed by atoms with E-state index < -0.39 is 0 Å². The molecule has 0 fully saturated rings. The van der Waals surface area contributed by atoms with Crippen molar-refractivity contribution in [1.82, 2.24) is 15.3 Å². The molecule has 0 aliphatic heterocycles. The summed E-state index contributed by atoms with van der Waals surface area (Å²) in [6, 6.07) is 1.44. The number of anilines is 1. The van der Waals surface area contributed by atoms with Crippen LogP contribution in [0.4, 0.5) is 5.82 Å². The lowest BCUT2D eigenvalue weighted by Gasteiger charge is -2.18.